The average molecular weight is 881 g/mol. The van der Waals surface area contributed by atoms with Crippen molar-refractivity contribution in [3.05, 3.63) is 120 Å². The molecule has 0 aromatic heterocycles. The zero-order valence-electron chi connectivity index (χ0n) is 35.2. The summed E-state index contributed by atoms with van der Waals surface area (Å²) < 4.78 is 9.91. The summed E-state index contributed by atoms with van der Waals surface area (Å²) in [5, 5.41) is 64.3. The molecule has 0 saturated heterocycles. The molecular weight excluding hydrogens is 821 g/mol. The number of isocyanates is 2. The average Bonchev–Trinajstić information content (AvgIpc) is 3.29. The third-order valence-electron chi connectivity index (χ3n) is 7.28. The minimum absolute atomic E-state index is 0.0628. The molecule has 4 aromatic rings. The number of ether oxygens (including phenoxy) is 2. The fourth-order valence-corrected chi connectivity index (χ4v) is 4.26. The largest absolute Gasteiger partial charge is 0.519 e. The topological polar surface area (TPSA) is 290 Å². The Hall–Kier alpha value is -6.39. The zero-order chi connectivity index (χ0) is 47.2. The number of aliphatic hydroxyl groups is 6. The van der Waals surface area contributed by atoms with Gasteiger partial charge in [0.05, 0.1) is 24.6 Å². The van der Waals surface area contributed by atoms with Gasteiger partial charge in [0.15, 0.2) is 0 Å². The number of carboxylic acids is 2. The Kier molecular flexibility index (Phi) is 40.7. The molecule has 0 unspecified atom stereocenters. The van der Waals surface area contributed by atoms with Gasteiger partial charge >= 0.3 is 18.1 Å². The van der Waals surface area contributed by atoms with E-state index in [0.717, 1.165) is 56.1 Å². The van der Waals surface area contributed by atoms with Crippen LogP contribution in [-0.2, 0) is 25.6 Å². The highest BCUT2D eigenvalue weighted by Gasteiger charge is 2.06. The Morgan fingerprint density at radius 2 is 0.746 bits per heavy atom. The van der Waals surface area contributed by atoms with E-state index in [1.165, 1.54) is 12.2 Å². The molecule has 344 valence electrons. The van der Waals surface area contributed by atoms with Crippen LogP contribution in [0.25, 0.3) is 0 Å². The van der Waals surface area contributed by atoms with Crippen LogP contribution in [0.2, 0.25) is 0 Å². The summed E-state index contributed by atoms with van der Waals surface area (Å²) in [5.41, 5.74) is 3.40. The molecular formula is C46H60N2O15. The number of carboxylic acid groups (broad SMARTS) is 2. The van der Waals surface area contributed by atoms with Crippen molar-refractivity contribution in [2.45, 2.75) is 70.6 Å². The monoisotopic (exact) mass is 880 g/mol. The molecule has 4 rings (SSSR count). The number of nitrogens with zero attached hydrogens (tertiary/aromatic N) is 2. The molecule has 0 aliphatic rings. The number of hydrogen-bond donors (Lipinski definition) is 8. The Morgan fingerprint density at radius 1 is 0.429 bits per heavy atom. The summed E-state index contributed by atoms with van der Waals surface area (Å²) in [4.78, 5) is 58.4. The van der Waals surface area contributed by atoms with E-state index in [2.05, 4.69) is 9.98 Å². The Balaban J connectivity index is 0. The maximum atomic E-state index is 11.3. The van der Waals surface area contributed by atoms with Crippen LogP contribution in [0.3, 0.4) is 0 Å². The molecule has 0 heterocycles. The fourth-order valence-electron chi connectivity index (χ4n) is 4.26. The number of aliphatic hydroxyl groups excluding tert-OH is 6. The second-order valence-corrected chi connectivity index (χ2v) is 12.5. The number of para-hydroxylation sites is 2. The molecule has 0 amide bonds. The third-order valence-corrected chi connectivity index (χ3v) is 7.28. The van der Waals surface area contributed by atoms with Gasteiger partial charge < -0.3 is 50.3 Å². The van der Waals surface area contributed by atoms with Crippen LogP contribution in [0.5, 0.6) is 11.5 Å². The number of aliphatic carboxylic acids is 2. The Morgan fingerprint density at radius 3 is 1.02 bits per heavy atom. The van der Waals surface area contributed by atoms with Gasteiger partial charge in [-0.15, -0.1) is 0 Å². The van der Waals surface area contributed by atoms with Crippen molar-refractivity contribution in [1.82, 2.24) is 0 Å². The first-order valence-electron chi connectivity index (χ1n) is 20.0. The molecule has 0 fully saturated rings. The van der Waals surface area contributed by atoms with Gasteiger partial charge in [0.25, 0.3) is 0 Å². The van der Waals surface area contributed by atoms with Crippen molar-refractivity contribution in [3.8, 4) is 11.5 Å². The minimum atomic E-state index is -0.870. The Labute approximate surface area is 367 Å². The predicted molar refractivity (Wildman–Crippen MR) is 235 cm³/mol. The molecule has 0 atom stereocenters. The number of unbranched alkanes of at least 4 members (excludes halogenated alkanes) is 5. The number of hydrogen-bond acceptors (Lipinski definition) is 15. The first-order valence-corrected chi connectivity index (χ1v) is 20.0. The van der Waals surface area contributed by atoms with E-state index in [9.17, 15) is 24.0 Å². The minimum Gasteiger partial charge on any atom is -0.481 e. The molecule has 0 aliphatic heterocycles. The maximum absolute atomic E-state index is 11.3. The normalized spacial score (nSPS) is 9.24. The van der Waals surface area contributed by atoms with Crippen LogP contribution in [0.15, 0.2) is 119 Å². The number of rotatable bonds is 20. The van der Waals surface area contributed by atoms with Gasteiger partial charge in [0.1, 0.15) is 11.5 Å². The summed E-state index contributed by atoms with van der Waals surface area (Å²) in [5.74, 6) is -0.817. The molecule has 17 heteroatoms. The smallest absolute Gasteiger partial charge is 0.481 e. The van der Waals surface area contributed by atoms with E-state index in [1.54, 1.807) is 72.8 Å². The van der Waals surface area contributed by atoms with E-state index >= 15 is 0 Å². The molecule has 0 aliphatic carbocycles. The van der Waals surface area contributed by atoms with Gasteiger partial charge in [0.2, 0.25) is 12.2 Å². The molecule has 0 radical (unpaired) electrons. The molecule has 0 bridgehead atoms. The summed E-state index contributed by atoms with van der Waals surface area (Å²) in [7, 11) is 0. The lowest BCUT2D eigenvalue weighted by atomic mass is 10.0. The summed E-state index contributed by atoms with van der Waals surface area (Å²) in [6, 6.07) is 32.3. The molecule has 8 N–H and O–H groups in total. The quantitative estimate of drug-likeness (QED) is 0.0156. The summed E-state index contributed by atoms with van der Waals surface area (Å²) >= 11 is 0. The summed E-state index contributed by atoms with van der Waals surface area (Å²) in [6.45, 7) is 0.706. The van der Waals surface area contributed by atoms with Gasteiger partial charge in [-0.3, -0.25) is 9.59 Å². The lowest BCUT2D eigenvalue weighted by Gasteiger charge is -2.04. The first-order chi connectivity index (χ1) is 30.5. The number of benzene rings is 4. The second-order valence-electron chi connectivity index (χ2n) is 12.5. The van der Waals surface area contributed by atoms with Crippen molar-refractivity contribution < 1.29 is 74.3 Å². The van der Waals surface area contributed by atoms with Crippen molar-refractivity contribution in [2.24, 2.45) is 9.98 Å². The van der Waals surface area contributed by atoms with E-state index in [-0.39, 0.29) is 52.5 Å². The van der Waals surface area contributed by atoms with Crippen molar-refractivity contribution in [3.63, 3.8) is 0 Å². The number of aliphatic imine (C=N–C) groups is 2. The van der Waals surface area contributed by atoms with Gasteiger partial charge in [-0.2, -0.15) is 9.98 Å². The second kappa shape index (κ2) is 43.7. The number of carbonyl (C=O) groups excluding carboxylic acids is 3. The summed E-state index contributed by atoms with van der Waals surface area (Å²) in [6.07, 6.45) is 9.31. The SMILES string of the molecule is O=C(O)CCCCC(=O)O.O=C(Oc1ccccc1)Oc1ccccc1.O=C=Nc1ccc(Cc2ccc(N=C=O)cc2)cc1.OCCCCCCO.OCCCCO.OCCO. The molecule has 0 saturated carbocycles. The molecule has 0 spiro atoms. The van der Waals surface area contributed by atoms with E-state index < -0.39 is 18.1 Å². The fraction of sp³-hybridized carbons (Fsp3) is 0.370. The predicted octanol–water partition coefficient (Wildman–Crippen LogP) is 6.45. The highest BCUT2D eigenvalue weighted by Crippen LogP contribution is 2.18. The zero-order valence-corrected chi connectivity index (χ0v) is 35.2. The highest BCUT2D eigenvalue weighted by atomic mass is 16.7. The van der Waals surface area contributed by atoms with E-state index in [4.69, 9.17) is 50.3 Å². The van der Waals surface area contributed by atoms with Crippen LogP contribution in [-0.4, -0.2) is 111 Å². The molecule has 63 heavy (non-hydrogen) atoms. The van der Waals surface area contributed by atoms with Crippen LogP contribution in [0, 0.1) is 0 Å². The van der Waals surface area contributed by atoms with E-state index in [1.807, 2.05) is 36.4 Å². The Bertz CT molecular complexity index is 1670. The van der Waals surface area contributed by atoms with Crippen LogP contribution >= 0.6 is 0 Å². The van der Waals surface area contributed by atoms with Gasteiger partial charge in [-0.1, -0.05) is 73.5 Å². The standard InChI is InChI=1S/C15H10N2O2.C13H10O3.C6H10O4.C6H14O2.C4H10O2.C2H6O2/c18-10-16-14-5-1-12(2-6-14)9-13-3-7-15(8-4-13)17-11-19;14-13(15-11-7-3-1-4-8-11)16-12-9-5-2-6-10-12;7-5(8)3-1-2-4-6(9)10;7-5-3-1-2-4-6-8;5-3-1-2-4-6;3-1-2-4/h1-8H,9H2;1-10H;1-4H2,(H,7,8)(H,9,10);7-8H,1-6H2;5-6H,1-4H2;3-4H,1-2H2. The van der Waals surface area contributed by atoms with Crippen molar-refractivity contribution >= 4 is 41.6 Å². The maximum Gasteiger partial charge on any atom is 0.519 e. The van der Waals surface area contributed by atoms with Gasteiger partial charge in [0, 0.05) is 39.3 Å². The van der Waals surface area contributed by atoms with Gasteiger partial charge in [-0.25, -0.2) is 14.4 Å². The lowest BCUT2D eigenvalue weighted by Crippen LogP contribution is -2.13. The molecule has 17 nitrogen and oxygen atoms in total. The first kappa shape index (κ1) is 58.7. The van der Waals surface area contributed by atoms with E-state index in [0.29, 0.717) is 35.7 Å². The number of carbonyl (C=O) groups is 3. The van der Waals surface area contributed by atoms with Gasteiger partial charge in [-0.05, 0) is 105 Å². The lowest BCUT2D eigenvalue weighted by molar-refractivity contribution is -0.139. The highest BCUT2D eigenvalue weighted by molar-refractivity contribution is 5.68. The van der Waals surface area contributed by atoms with Crippen LogP contribution in [0.1, 0.15) is 75.3 Å². The molecule has 4 aromatic carbocycles. The van der Waals surface area contributed by atoms with Crippen LogP contribution in [0.4, 0.5) is 16.2 Å². The van der Waals surface area contributed by atoms with Crippen molar-refractivity contribution in [2.75, 3.05) is 39.6 Å². The van der Waals surface area contributed by atoms with Crippen molar-refractivity contribution in [1.29, 1.82) is 0 Å². The van der Waals surface area contributed by atoms with Crippen LogP contribution < -0.4 is 9.47 Å². The third kappa shape index (κ3) is 39.5.